The molecule has 0 saturated heterocycles. The van der Waals surface area contributed by atoms with Gasteiger partial charge in [0.2, 0.25) is 0 Å². The molecule has 8 aromatic rings. The summed E-state index contributed by atoms with van der Waals surface area (Å²) < 4.78 is 6.36. The molecule has 2 aliphatic rings. The molecule has 0 bridgehead atoms. The van der Waals surface area contributed by atoms with Crippen LogP contribution >= 0.6 is 0 Å². The number of hydrogen-bond acceptors (Lipinski definition) is 0. The van der Waals surface area contributed by atoms with E-state index in [4.69, 9.17) is 0 Å². The van der Waals surface area contributed by atoms with Crippen molar-refractivity contribution in [1.82, 2.24) is 0 Å². The first-order chi connectivity index (χ1) is 32.2. The monoisotopic (exact) mass is 948 g/mol. The number of fused-ring (bicyclic) bond motifs is 2. The van der Waals surface area contributed by atoms with Crippen LogP contribution in [0.4, 0.5) is 0 Å². The molecular weight excluding hydrogens is 888 g/mol. The van der Waals surface area contributed by atoms with Crippen molar-refractivity contribution in [1.29, 1.82) is 0 Å². The van der Waals surface area contributed by atoms with Gasteiger partial charge >= 0.3 is 400 Å². The predicted molar refractivity (Wildman–Crippen MR) is 285 cm³/mol. The Bertz CT molecular complexity index is 2900. The first kappa shape index (κ1) is 44.2. The molecule has 0 fully saturated rings. The van der Waals surface area contributed by atoms with Crippen molar-refractivity contribution >= 4 is 19.0 Å². The number of allylic oxidation sites excluding steroid dienone is 2. The van der Waals surface area contributed by atoms with Crippen LogP contribution in [0, 0.1) is 0 Å². The average Bonchev–Trinajstić information content (AvgIpc) is 3.97. The Labute approximate surface area is 396 Å². The molecular formula is C64H62SiZr. The minimum absolute atomic E-state index is 0.302. The zero-order valence-electron chi connectivity index (χ0n) is 39.1. The van der Waals surface area contributed by atoms with Gasteiger partial charge in [-0.25, -0.2) is 0 Å². The molecule has 0 spiro atoms. The van der Waals surface area contributed by atoms with E-state index in [0.29, 0.717) is 19.1 Å². The van der Waals surface area contributed by atoms with E-state index in [1.807, 2.05) is 0 Å². The molecule has 8 aromatic carbocycles. The molecule has 0 heterocycles. The second-order valence-corrected chi connectivity index (χ2v) is 50.6. The van der Waals surface area contributed by atoms with Gasteiger partial charge < -0.3 is 0 Å². The molecule has 66 heavy (non-hydrogen) atoms. The van der Waals surface area contributed by atoms with E-state index >= 15 is 0 Å². The third kappa shape index (κ3) is 8.27. The quantitative estimate of drug-likeness (QED) is 0.0953. The van der Waals surface area contributed by atoms with Gasteiger partial charge in [-0.3, -0.25) is 0 Å². The average molecular weight is 951 g/mol. The summed E-state index contributed by atoms with van der Waals surface area (Å²) in [6.45, 7) is 7.32. The van der Waals surface area contributed by atoms with Crippen molar-refractivity contribution in [3.63, 3.8) is 0 Å². The van der Waals surface area contributed by atoms with Gasteiger partial charge in [0.1, 0.15) is 0 Å². The normalized spacial score (nSPS) is 16.5. The van der Waals surface area contributed by atoms with E-state index in [1.54, 1.807) is 22.3 Å². The molecule has 4 unspecified atom stereocenters. The Balaban J connectivity index is 1.28. The molecule has 326 valence electrons. The summed E-state index contributed by atoms with van der Waals surface area (Å²) in [6.07, 6.45) is 9.70. The van der Waals surface area contributed by atoms with Gasteiger partial charge in [0.15, 0.2) is 0 Å². The SMILES string of the molecule is CCC(CC1=Cc2c(-c3ccccc3)ccc(-c3ccccc3)c2[CH]1[Zr]([CH3])([CH3])(=[SiH2])[CH]1C(CC(CC)c2ccccc2)=Cc2c(-c3ccccc3)ccc(-c3ccccc3)c21)c1ccccc1. The standard InChI is InChI=1S/2C31H27.2CH3.H2Si.Zr/c2*1-2-24(25-12-6-3-7-13-25)20-23-21-30-28(26-14-8-4-9-15-26)18-19-29(31(30)22-23)27-16-10-5-11-17-27;;;;/h2*3-19,21-22,24H,2,20H2,1H3;2*1H3;1H2;. The molecule has 0 aliphatic heterocycles. The molecule has 2 heteroatoms. The summed E-state index contributed by atoms with van der Waals surface area (Å²) in [6, 6.07) is 77.6. The van der Waals surface area contributed by atoms with Crippen LogP contribution in [-0.4, -0.2) is 6.88 Å². The first-order valence-electron chi connectivity index (χ1n) is 24.4. The Hall–Kier alpha value is -5.66. The molecule has 10 rings (SSSR count). The van der Waals surface area contributed by atoms with Crippen molar-refractivity contribution < 1.29 is 17.4 Å². The summed E-state index contributed by atoms with van der Waals surface area (Å²) in [4.78, 5) is 0. The van der Waals surface area contributed by atoms with Gasteiger partial charge in [-0.1, -0.05) is 0 Å². The molecule has 0 N–H and O–H groups in total. The number of benzene rings is 8. The van der Waals surface area contributed by atoms with E-state index in [9.17, 15) is 0 Å². The fourth-order valence-electron chi connectivity index (χ4n) is 12.3. The maximum atomic E-state index is 2.88. The van der Waals surface area contributed by atoms with Crippen molar-refractivity contribution in [2.24, 2.45) is 0 Å². The Morgan fingerprint density at radius 3 is 0.955 bits per heavy atom. The molecule has 2 aliphatic carbocycles. The van der Waals surface area contributed by atoms with Gasteiger partial charge in [-0.2, -0.15) is 0 Å². The van der Waals surface area contributed by atoms with Crippen LogP contribution in [0.3, 0.4) is 0 Å². The molecule has 0 radical (unpaired) electrons. The van der Waals surface area contributed by atoms with Crippen LogP contribution in [0.15, 0.2) is 217 Å². The third-order valence-corrected chi connectivity index (χ3v) is 32.7. The summed E-state index contributed by atoms with van der Waals surface area (Å²) in [5, 5.41) is 0. The van der Waals surface area contributed by atoms with Crippen LogP contribution in [0.2, 0.25) is 9.26 Å². The Morgan fingerprint density at radius 2 is 0.652 bits per heavy atom. The molecule has 0 nitrogen and oxygen atoms in total. The van der Waals surface area contributed by atoms with Crippen LogP contribution in [-0.2, 0) is 17.4 Å². The fourth-order valence-corrected chi connectivity index (χ4v) is 31.8. The maximum absolute atomic E-state index is 4.43. The summed E-state index contributed by atoms with van der Waals surface area (Å²) in [5.41, 5.74) is 22.8. The third-order valence-electron chi connectivity index (χ3n) is 15.3. The second-order valence-electron chi connectivity index (χ2n) is 20.1. The van der Waals surface area contributed by atoms with Crippen LogP contribution in [0.25, 0.3) is 56.7 Å². The predicted octanol–water partition coefficient (Wildman–Crippen LogP) is 17.4. The van der Waals surface area contributed by atoms with Crippen molar-refractivity contribution in [2.75, 3.05) is 0 Å². The first-order valence-corrected chi connectivity index (χ1v) is 38.0. The molecule has 4 atom stereocenters. The minimum atomic E-state index is -4.43. The fraction of sp³-hybridized carbons (Fsp3) is 0.188. The van der Waals surface area contributed by atoms with Gasteiger partial charge in [0.25, 0.3) is 0 Å². The van der Waals surface area contributed by atoms with E-state index in [1.165, 1.54) is 66.8 Å². The Kier molecular flexibility index (Phi) is 12.4. The van der Waals surface area contributed by atoms with Crippen molar-refractivity contribution in [3.8, 4) is 44.5 Å². The van der Waals surface area contributed by atoms with Crippen molar-refractivity contribution in [3.05, 3.63) is 251 Å². The van der Waals surface area contributed by atoms with E-state index in [-0.39, 0.29) is 0 Å². The summed E-state index contributed by atoms with van der Waals surface area (Å²) in [7, 11) is 0. The molecule has 0 amide bonds. The number of rotatable bonds is 14. The van der Waals surface area contributed by atoms with Gasteiger partial charge in [-0.15, -0.1) is 0 Å². The topological polar surface area (TPSA) is 0 Å². The Morgan fingerprint density at radius 1 is 0.379 bits per heavy atom. The van der Waals surface area contributed by atoms with Gasteiger partial charge in [-0.05, 0) is 0 Å². The van der Waals surface area contributed by atoms with Gasteiger partial charge in [0, 0.05) is 0 Å². The summed E-state index contributed by atoms with van der Waals surface area (Å²) in [5.74, 6) is 0.836. The van der Waals surface area contributed by atoms with Crippen LogP contribution < -0.4 is 0 Å². The molecule has 0 saturated carbocycles. The zero-order chi connectivity index (χ0) is 45.3. The van der Waals surface area contributed by atoms with E-state index < -0.39 is 17.4 Å². The number of hydrogen-bond donors (Lipinski definition) is 0. The molecule has 0 aromatic heterocycles. The van der Waals surface area contributed by atoms with E-state index in [2.05, 4.69) is 248 Å². The van der Waals surface area contributed by atoms with Crippen LogP contribution in [0.5, 0.6) is 0 Å². The van der Waals surface area contributed by atoms with Crippen molar-refractivity contribution in [2.45, 2.75) is 67.9 Å². The zero-order valence-corrected chi connectivity index (χ0v) is 43.0. The summed E-state index contributed by atoms with van der Waals surface area (Å²) >= 11 is -4.43. The second kappa shape index (κ2) is 18.6. The van der Waals surface area contributed by atoms with Crippen LogP contribution in [0.1, 0.15) is 92.0 Å². The van der Waals surface area contributed by atoms with E-state index in [0.717, 1.165) is 25.7 Å². The van der Waals surface area contributed by atoms with Gasteiger partial charge in [0.05, 0.1) is 0 Å².